The summed E-state index contributed by atoms with van der Waals surface area (Å²) in [5.74, 6) is 1.77. The highest BCUT2D eigenvalue weighted by Crippen LogP contribution is 2.38. The van der Waals surface area contributed by atoms with Crippen LogP contribution in [0.15, 0.2) is 73.1 Å². The molecular formula is C32H39N3O. The smallest absolute Gasteiger partial charge is 0.254 e. The summed E-state index contributed by atoms with van der Waals surface area (Å²) in [6, 6.07) is 21.6. The molecule has 3 aromatic rings. The monoisotopic (exact) mass is 481 g/mol. The standard InChI is InChI=1S/C32H39N3O/c1-24-8-6-9-25(2)31(24)32(36)34-20-17-27(18-21-34)22-26-13-15-29(16-14-26)35(28-10-4-3-5-11-28)30-12-7-19-33-23-30/h3-12,19,23,26-27,29H,13-18,20-22H2,1-2H3. The van der Waals surface area contributed by atoms with Crippen molar-refractivity contribution in [2.45, 2.75) is 64.8 Å². The molecule has 4 nitrogen and oxygen atoms in total. The van der Waals surface area contributed by atoms with Gasteiger partial charge in [-0.3, -0.25) is 9.78 Å². The lowest BCUT2D eigenvalue weighted by Crippen LogP contribution is -2.40. The van der Waals surface area contributed by atoms with Crippen molar-refractivity contribution in [3.63, 3.8) is 0 Å². The Hall–Kier alpha value is -3.14. The zero-order valence-electron chi connectivity index (χ0n) is 21.8. The Bertz CT molecular complexity index is 1070. The van der Waals surface area contributed by atoms with Crippen LogP contribution in [0.5, 0.6) is 0 Å². The van der Waals surface area contributed by atoms with Crippen LogP contribution >= 0.6 is 0 Å². The molecular weight excluding hydrogens is 442 g/mol. The van der Waals surface area contributed by atoms with E-state index in [1.165, 1.54) is 43.5 Å². The van der Waals surface area contributed by atoms with Gasteiger partial charge < -0.3 is 9.80 Å². The summed E-state index contributed by atoms with van der Waals surface area (Å²) in [5.41, 5.74) is 5.54. The normalized spacial score (nSPS) is 20.8. The molecule has 0 N–H and O–H groups in total. The van der Waals surface area contributed by atoms with E-state index >= 15 is 0 Å². The predicted molar refractivity (Wildman–Crippen MR) is 148 cm³/mol. The average Bonchev–Trinajstić information content (AvgIpc) is 2.91. The number of amides is 1. The third-order valence-corrected chi connectivity index (χ3v) is 8.40. The van der Waals surface area contributed by atoms with E-state index in [2.05, 4.69) is 77.2 Å². The molecule has 1 saturated carbocycles. The Morgan fingerprint density at radius 3 is 2.08 bits per heavy atom. The predicted octanol–water partition coefficient (Wildman–Crippen LogP) is 7.34. The number of pyridine rings is 1. The van der Waals surface area contributed by atoms with Crippen molar-refractivity contribution in [1.82, 2.24) is 9.88 Å². The number of hydrogen-bond donors (Lipinski definition) is 0. The van der Waals surface area contributed by atoms with E-state index in [0.29, 0.717) is 6.04 Å². The first-order chi connectivity index (χ1) is 17.6. The zero-order valence-corrected chi connectivity index (χ0v) is 21.8. The lowest BCUT2D eigenvalue weighted by atomic mass is 9.78. The summed E-state index contributed by atoms with van der Waals surface area (Å²) < 4.78 is 0. The highest BCUT2D eigenvalue weighted by atomic mass is 16.2. The molecule has 4 heteroatoms. The number of carbonyl (C=O) groups is 1. The summed E-state index contributed by atoms with van der Waals surface area (Å²) in [5, 5.41) is 0. The quantitative estimate of drug-likeness (QED) is 0.370. The van der Waals surface area contributed by atoms with Crippen LogP contribution in [0.3, 0.4) is 0 Å². The van der Waals surface area contributed by atoms with Gasteiger partial charge in [-0.15, -0.1) is 0 Å². The van der Waals surface area contributed by atoms with Crippen molar-refractivity contribution in [1.29, 1.82) is 0 Å². The summed E-state index contributed by atoms with van der Waals surface area (Å²) in [6.07, 6.45) is 12.5. The van der Waals surface area contributed by atoms with Gasteiger partial charge in [0.25, 0.3) is 5.91 Å². The van der Waals surface area contributed by atoms with Crippen molar-refractivity contribution >= 4 is 17.3 Å². The van der Waals surface area contributed by atoms with Crippen molar-refractivity contribution in [2.24, 2.45) is 11.8 Å². The van der Waals surface area contributed by atoms with Crippen LogP contribution in [0.25, 0.3) is 0 Å². The molecule has 2 fully saturated rings. The third-order valence-electron chi connectivity index (χ3n) is 8.40. The Labute approximate surface area is 216 Å². The van der Waals surface area contributed by atoms with Gasteiger partial charge in [-0.05, 0) is 106 Å². The second kappa shape index (κ2) is 11.3. The van der Waals surface area contributed by atoms with Gasteiger partial charge in [0.05, 0.1) is 11.9 Å². The van der Waals surface area contributed by atoms with Crippen molar-refractivity contribution in [3.05, 3.63) is 89.7 Å². The highest BCUT2D eigenvalue weighted by Gasteiger charge is 2.31. The Kier molecular flexibility index (Phi) is 7.69. The molecule has 0 spiro atoms. The number of likely N-dealkylation sites (tertiary alicyclic amines) is 1. The van der Waals surface area contributed by atoms with E-state index in [0.717, 1.165) is 54.5 Å². The van der Waals surface area contributed by atoms with Crippen LogP contribution in [0.1, 0.15) is 66.4 Å². The molecule has 0 radical (unpaired) electrons. The van der Waals surface area contributed by atoms with Gasteiger partial charge >= 0.3 is 0 Å². The number of nitrogens with zero attached hydrogens (tertiary/aromatic N) is 3. The van der Waals surface area contributed by atoms with Gasteiger partial charge in [0.2, 0.25) is 0 Å². The second-order valence-corrected chi connectivity index (χ2v) is 10.8. The lowest BCUT2D eigenvalue weighted by molar-refractivity contribution is 0.0672. The van der Waals surface area contributed by atoms with Crippen molar-refractivity contribution < 1.29 is 4.79 Å². The van der Waals surface area contributed by atoms with Crippen LogP contribution in [-0.2, 0) is 0 Å². The number of piperidine rings is 1. The molecule has 36 heavy (non-hydrogen) atoms. The number of carbonyl (C=O) groups excluding carboxylic acids is 1. The summed E-state index contributed by atoms with van der Waals surface area (Å²) in [6.45, 7) is 5.90. The van der Waals surface area contributed by atoms with Crippen LogP contribution in [0.2, 0.25) is 0 Å². The largest absolute Gasteiger partial charge is 0.339 e. The maximum absolute atomic E-state index is 13.2. The molecule has 2 heterocycles. The molecule has 0 unspecified atom stereocenters. The van der Waals surface area contributed by atoms with Crippen LogP contribution in [0, 0.1) is 25.7 Å². The highest BCUT2D eigenvalue weighted by molar-refractivity contribution is 5.97. The molecule has 1 aromatic heterocycles. The van der Waals surface area contributed by atoms with Crippen molar-refractivity contribution in [2.75, 3.05) is 18.0 Å². The number of para-hydroxylation sites is 1. The van der Waals surface area contributed by atoms with E-state index < -0.39 is 0 Å². The molecule has 0 atom stereocenters. The average molecular weight is 482 g/mol. The van der Waals surface area contributed by atoms with E-state index in [1.54, 1.807) is 0 Å². The minimum atomic E-state index is 0.223. The second-order valence-electron chi connectivity index (χ2n) is 10.8. The lowest BCUT2D eigenvalue weighted by Gasteiger charge is -2.40. The number of anilines is 2. The fourth-order valence-corrected chi connectivity index (χ4v) is 6.45. The molecule has 1 aliphatic heterocycles. The van der Waals surface area contributed by atoms with Crippen LogP contribution in [-0.4, -0.2) is 34.9 Å². The van der Waals surface area contributed by atoms with Crippen LogP contribution in [0.4, 0.5) is 11.4 Å². The molecule has 188 valence electrons. The van der Waals surface area contributed by atoms with Crippen LogP contribution < -0.4 is 4.90 Å². The molecule has 2 aromatic carbocycles. The van der Waals surface area contributed by atoms with Gasteiger partial charge in [0.15, 0.2) is 0 Å². The number of hydrogen-bond acceptors (Lipinski definition) is 3. The summed E-state index contributed by atoms with van der Waals surface area (Å²) in [4.78, 5) is 22.2. The molecule has 1 aliphatic carbocycles. The van der Waals surface area contributed by atoms with E-state index in [-0.39, 0.29) is 5.91 Å². The number of benzene rings is 2. The van der Waals surface area contributed by atoms with Gasteiger partial charge in [0, 0.05) is 36.6 Å². The number of aryl methyl sites for hydroxylation is 2. The molecule has 1 amide bonds. The number of rotatable bonds is 6. The Morgan fingerprint density at radius 1 is 0.806 bits per heavy atom. The minimum absolute atomic E-state index is 0.223. The molecule has 0 bridgehead atoms. The topological polar surface area (TPSA) is 36.4 Å². The fraction of sp³-hybridized carbons (Fsp3) is 0.438. The van der Waals surface area contributed by atoms with Crippen molar-refractivity contribution in [3.8, 4) is 0 Å². The van der Waals surface area contributed by atoms with Gasteiger partial charge in [-0.1, -0.05) is 36.4 Å². The third kappa shape index (κ3) is 5.48. The number of aromatic nitrogens is 1. The minimum Gasteiger partial charge on any atom is -0.339 e. The first kappa shape index (κ1) is 24.5. The van der Waals surface area contributed by atoms with Gasteiger partial charge in [0.1, 0.15) is 0 Å². The van der Waals surface area contributed by atoms with Gasteiger partial charge in [-0.25, -0.2) is 0 Å². The van der Waals surface area contributed by atoms with E-state index in [1.807, 2.05) is 24.5 Å². The summed E-state index contributed by atoms with van der Waals surface area (Å²) in [7, 11) is 0. The SMILES string of the molecule is Cc1cccc(C)c1C(=O)N1CCC(CC2CCC(N(c3ccccc3)c3cccnc3)CC2)CC1. The van der Waals surface area contributed by atoms with Gasteiger partial charge in [-0.2, -0.15) is 0 Å². The Balaban J connectivity index is 1.15. The molecule has 5 rings (SSSR count). The molecule has 1 saturated heterocycles. The summed E-state index contributed by atoms with van der Waals surface area (Å²) >= 11 is 0. The van der Waals surface area contributed by atoms with E-state index in [9.17, 15) is 4.79 Å². The fourth-order valence-electron chi connectivity index (χ4n) is 6.45. The molecule has 2 aliphatic rings. The maximum Gasteiger partial charge on any atom is 0.254 e. The maximum atomic E-state index is 13.2. The first-order valence-electron chi connectivity index (χ1n) is 13.7. The first-order valence-corrected chi connectivity index (χ1v) is 13.7. The Morgan fingerprint density at radius 2 is 1.44 bits per heavy atom. The zero-order chi connectivity index (χ0) is 24.9. The van der Waals surface area contributed by atoms with E-state index in [4.69, 9.17) is 0 Å².